The van der Waals surface area contributed by atoms with E-state index in [1.165, 1.54) is 13.8 Å². The first-order chi connectivity index (χ1) is 6.93. The van der Waals surface area contributed by atoms with E-state index in [1.54, 1.807) is 30.3 Å². The third-order valence-corrected chi connectivity index (χ3v) is 1.95. The lowest BCUT2D eigenvalue weighted by Gasteiger charge is -2.20. The third kappa shape index (κ3) is 2.80. The lowest BCUT2D eigenvalue weighted by molar-refractivity contribution is -0.133. The van der Waals surface area contributed by atoms with E-state index < -0.39 is 17.5 Å². The maximum atomic E-state index is 11.5. The van der Waals surface area contributed by atoms with Crippen LogP contribution in [0, 0.1) is 0 Å². The van der Waals surface area contributed by atoms with E-state index in [-0.39, 0.29) is 0 Å². The Hall–Kier alpha value is -1.84. The van der Waals surface area contributed by atoms with Gasteiger partial charge in [-0.15, -0.1) is 0 Å². The van der Waals surface area contributed by atoms with Crippen LogP contribution in [0.1, 0.15) is 24.2 Å². The molecule has 0 spiro atoms. The Morgan fingerprint density at radius 3 is 2.20 bits per heavy atom. The monoisotopic (exact) mass is 207 g/mol. The normalized spacial score (nSPS) is 10.8. The number of nitrogens with two attached hydrogens (primary N) is 1. The van der Waals surface area contributed by atoms with Crippen LogP contribution in [0.4, 0.5) is 0 Å². The summed E-state index contributed by atoms with van der Waals surface area (Å²) in [5.41, 5.74) is 4.19. The highest BCUT2D eigenvalue weighted by Crippen LogP contribution is 2.12. The Morgan fingerprint density at radius 2 is 1.73 bits per heavy atom. The number of esters is 1. The van der Waals surface area contributed by atoms with E-state index in [4.69, 9.17) is 10.5 Å². The number of carbonyl (C=O) groups excluding carboxylic acids is 2. The zero-order valence-corrected chi connectivity index (χ0v) is 8.69. The van der Waals surface area contributed by atoms with Gasteiger partial charge in [-0.3, -0.25) is 4.79 Å². The van der Waals surface area contributed by atoms with Gasteiger partial charge in [0.1, 0.15) is 0 Å². The van der Waals surface area contributed by atoms with Crippen LogP contribution in [-0.2, 0) is 9.53 Å². The summed E-state index contributed by atoms with van der Waals surface area (Å²) in [6.45, 7) is 2.91. The highest BCUT2D eigenvalue weighted by atomic mass is 16.6. The SMILES string of the molecule is CC(C)(OC(=O)c1ccccc1)C(N)=O. The molecule has 1 amide bonds. The maximum Gasteiger partial charge on any atom is 0.339 e. The molecule has 0 unspecified atom stereocenters. The molecule has 4 nitrogen and oxygen atoms in total. The molecule has 0 aliphatic rings. The summed E-state index contributed by atoms with van der Waals surface area (Å²) >= 11 is 0. The number of carbonyl (C=O) groups is 2. The van der Waals surface area contributed by atoms with Gasteiger partial charge in [0.05, 0.1) is 5.56 Å². The fourth-order valence-electron chi connectivity index (χ4n) is 0.915. The first kappa shape index (κ1) is 11.2. The number of amides is 1. The lowest BCUT2D eigenvalue weighted by Crippen LogP contribution is -2.42. The number of primary amides is 1. The van der Waals surface area contributed by atoms with Crippen LogP contribution in [0.2, 0.25) is 0 Å². The van der Waals surface area contributed by atoms with Crippen molar-refractivity contribution in [3.63, 3.8) is 0 Å². The highest BCUT2D eigenvalue weighted by molar-refractivity contribution is 5.93. The molecule has 0 aliphatic heterocycles. The third-order valence-electron chi connectivity index (χ3n) is 1.95. The van der Waals surface area contributed by atoms with Gasteiger partial charge in [0.25, 0.3) is 5.91 Å². The van der Waals surface area contributed by atoms with Gasteiger partial charge >= 0.3 is 5.97 Å². The fourth-order valence-corrected chi connectivity index (χ4v) is 0.915. The molecule has 1 rings (SSSR count). The summed E-state index contributed by atoms with van der Waals surface area (Å²) in [6, 6.07) is 8.44. The Morgan fingerprint density at radius 1 is 1.20 bits per heavy atom. The minimum Gasteiger partial charge on any atom is -0.446 e. The van der Waals surface area contributed by atoms with Crippen LogP contribution in [0.3, 0.4) is 0 Å². The molecule has 1 aromatic rings. The summed E-state index contributed by atoms with van der Waals surface area (Å²) in [6.07, 6.45) is 0. The molecule has 0 saturated carbocycles. The zero-order valence-electron chi connectivity index (χ0n) is 8.69. The Kier molecular flexibility index (Phi) is 3.09. The van der Waals surface area contributed by atoms with E-state index >= 15 is 0 Å². The van der Waals surface area contributed by atoms with Gasteiger partial charge in [-0.1, -0.05) is 18.2 Å². The molecule has 0 radical (unpaired) electrons. The minimum absolute atomic E-state index is 0.395. The molecular weight excluding hydrogens is 194 g/mol. The van der Waals surface area contributed by atoms with E-state index in [1.807, 2.05) is 0 Å². The molecule has 2 N–H and O–H groups in total. The summed E-state index contributed by atoms with van der Waals surface area (Å²) < 4.78 is 4.97. The molecule has 0 saturated heterocycles. The summed E-state index contributed by atoms with van der Waals surface area (Å²) in [4.78, 5) is 22.5. The first-order valence-corrected chi connectivity index (χ1v) is 4.52. The molecule has 0 fully saturated rings. The van der Waals surface area contributed by atoms with Crippen LogP contribution in [0.5, 0.6) is 0 Å². The van der Waals surface area contributed by atoms with E-state index in [9.17, 15) is 9.59 Å². The maximum absolute atomic E-state index is 11.5. The number of hydrogen-bond acceptors (Lipinski definition) is 3. The number of ether oxygens (including phenoxy) is 1. The molecule has 80 valence electrons. The topological polar surface area (TPSA) is 69.4 Å². The van der Waals surface area contributed by atoms with Crippen LogP contribution < -0.4 is 5.73 Å². The quantitative estimate of drug-likeness (QED) is 0.755. The van der Waals surface area contributed by atoms with Gasteiger partial charge in [-0.05, 0) is 26.0 Å². The van der Waals surface area contributed by atoms with Crippen molar-refractivity contribution in [1.29, 1.82) is 0 Å². The smallest absolute Gasteiger partial charge is 0.339 e. The van der Waals surface area contributed by atoms with Crippen molar-refractivity contribution < 1.29 is 14.3 Å². The number of rotatable bonds is 3. The van der Waals surface area contributed by atoms with Gasteiger partial charge in [0.15, 0.2) is 5.60 Å². The molecule has 1 aromatic carbocycles. The Balaban J connectivity index is 2.77. The van der Waals surface area contributed by atoms with E-state index in [0.717, 1.165) is 0 Å². The van der Waals surface area contributed by atoms with Crippen molar-refractivity contribution >= 4 is 11.9 Å². The second-order valence-electron chi connectivity index (χ2n) is 3.63. The van der Waals surface area contributed by atoms with Crippen molar-refractivity contribution in [2.24, 2.45) is 5.73 Å². The Bertz CT molecular complexity index is 371. The predicted molar refractivity (Wildman–Crippen MR) is 55.1 cm³/mol. The fraction of sp³-hybridized carbons (Fsp3) is 0.273. The predicted octanol–water partition coefficient (Wildman–Crippen LogP) is 1.11. The number of benzene rings is 1. The van der Waals surface area contributed by atoms with Gasteiger partial charge in [-0.2, -0.15) is 0 Å². The molecule has 15 heavy (non-hydrogen) atoms. The zero-order chi connectivity index (χ0) is 11.5. The van der Waals surface area contributed by atoms with Gasteiger partial charge in [0.2, 0.25) is 0 Å². The van der Waals surface area contributed by atoms with Gasteiger partial charge < -0.3 is 10.5 Å². The summed E-state index contributed by atoms with van der Waals surface area (Å²) in [7, 11) is 0. The first-order valence-electron chi connectivity index (χ1n) is 4.52. The van der Waals surface area contributed by atoms with Crippen molar-refractivity contribution in [3.8, 4) is 0 Å². The van der Waals surface area contributed by atoms with Crippen molar-refractivity contribution in [2.45, 2.75) is 19.4 Å². The second kappa shape index (κ2) is 4.13. The number of hydrogen-bond donors (Lipinski definition) is 1. The molecule has 0 heterocycles. The van der Waals surface area contributed by atoms with Crippen LogP contribution >= 0.6 is 0 Å². The van der Waals surface area contributed by atoms with Crippen LogP contribution in [0.25, 0.3) is 0 Å². The molecule has 0 bridgehead atoms. The molecular formula is C11H13NO3. The van der Waals surface area contributed by atoms with Crippen molar-refractivity contribution in [2.75, 3.05) is 0 Å². The lowest BCUT2D eigenvalue weighted by atomic mass is 10.1. The standard InChI is InChI=1S/C11H13NO3/c1-11(2,10(12)14)15-9(13)8-6-4-3-5-7-8/h3-7H,1-2H3,(H2,12,14). The van der Waals surface area contributed by atoms with Gasteiger partial charge in [0, 0.05) is 0 Å². The average molecular weight is 207 g/mol. The largest absolute Gasteiger partial charge is 0.446 e. The molecule has 0 aromatic heterocycles. The van der Waals surface area contributed by atoms with Gasteiger partial charge in [-0.25, -0.2) is 4.79 Å². The second-order valence-corrected chi connectivity index (χ2v) is 3.63. The minimum atomic E-state index is -1.28. The molecule has 0 aliphatic carbocycles. The highest BCUT2D eigenvalue weighted by Gasteiger charge is 2.29. The van der Waals surface area contributed by atoms with Crippen LogP contribution in [-0.4, -0.2) is 17.5 Å². The molecule has 4 heteroatoms. The summed E-state index contributed by atoms with van der Waals surface area (Å²) in [5, 5.41) is 0. The summed E-state index contributed by atoms with van der Waals surface area (Å²) in [5.74, 6) is -1.23. The Labute approximate surface area is 88.0 Å². The van der Waals surface area contributed by atoms with Crippen LogP contribution in [0.15, 0.2) is 30.3 Å². The molecule has 0 atom stereocenters. The average Bonchev–Trinajstić information content (AvgIpc) is 2.18. The van der Waals surface area contributed by atoms with E-state index in [2.05, 4.69) is 0 Å². The van der Waals surface area contributed by atoms with Crippen molar-refractivity contribution in [1.82, 2.24) is 0 Å². The van der Waals surface area contributed by atoms with Crippen molar-refractivity contribution in [3.05, 3.63) is 35.9 Å². The van der Waals surface area contributed by atoms with E-state index in [0.29, 0.717) is 5.56 Å².